The molecule has 0 aromatic rings. The molecule has 1 fully saturated rings. The Balaban J connectivity index is 2.15. The van der Waals surface area contributed by atoms with Crippen LogP contribution < -0.4 is 0 Å². The summed E-state index contributed by atoms with van der Waals surface area (Å²) in [5.41, 5.74) is -0.367. The Kier molecular flexibility index (Phi) is 5.28. The minimum atomic E-state index is -0.367. The topological polar surface area (TPSA) is 23.5 Å². The van der Waals surface area contributed by atoms with Crippen molar-refractivity contribution in [2.24, 2.45) is 0 Å². The van der Waals surface area contributed by atoms with Crippen LogP contribution in [-0.2, 0) is 0 Å². The number of hydrogen-bond acceptors (Lipinski definition) is 3. The smallest absolute Gasteiger partial charge is 0.0774 e. The molecule has 1 aliphatic rings. The third kappa shape index (κ3) is 4.20. The third-order valence-corrected chi connectivity index (χ3v) is 3.68. The Morgan fingerprint density at radius 3 is 2.57 bits per heavy atom. The van der Waals surface area contributed by atoms with Crippen molar-refractivity contribution < 1.29 is 5.11 Å². The molecule has 1 N–H and O–H groups in total. The molecule has 0 radical (unpaired) electrons. The predicted octanol–water partition coefficient (Wildman–Crippen LogP) is 1.98. The molecule has 0 spiro atoms. The fourth-order valence-electron chi connectivity index (χ4n) is 2.25. The Labute approximate surface area is 92.1 Å². The molecule has 1 aliphatic carbocycles. The van der Waals surface area contributed by atoms with E-state index in [0.29, 0.717) is 0 Å². The number of aliphatic hydroxyl groups is 1. The van der Waals surface area contributed by atoms with Gasteiger partial charge < -0.3 is 10.0 Å². The number of likely N-dealkylation sites (N-methyl/N-ethyl adjacent to an activating group) is 1. The maximum absolute atomic E-state index is 10.2. The molecule has 0 amide bonds. The van der Waals surface area contributed by atoms with Gasteiger partial charge in [0.05, 0.1) is 5.60 Å². The van der Waals surface area contributed by atoms with Crippen LogP contribution in [0.2, 0.25) is 0 Å². The summed E-state index contributed by atoms with van der Waals surface area (Å²) in [6.45, 7) is 1.98. The van der Waals surface area contributed by atoms with Crippen molar-refractivity contribution in [3.63, 3.8) is 0 Å². The second kappa shape index (κ2) is 5.99. The van der Waals surface area contributed by atoms with Crippen molar-refractivity contribution in [3.8, 4) is 0 Å². The quantitative estimate of drug-likeness (QED) is 0.688. The molecule has 2 nitrogen and oxygen atoms in total. The van der Waals surface area contributed by atoms with E-state index in [1.807, 2.05) is 11.8 Å². The normalized spacial score (nSPS) is 20.6. The van der Waals surface area contributed by atoms with Gasteiger partial charge in [-0.25, -0.2) is 0 Å². The fraction of sp³-hybridized carbons (Fsp3) is 1.00. The molecule has 0 bridgehead atoms. The van der Waals surface area contributed by atoms with Crippen LogP contribution in [0.3, 0.4) is 0 Å². The van der Waals surface area contributed by atoms with Gasteiger partial charge in [0.1, 0.15) is 0 Å². The second-order valence-corrected chi connectivity index (χ2v) is 5.50. The van der Waals surface area contributed by atoms with Crippen molar-refractivity contribution in [2.75, 3.05) is 32.1 Å². The lowest BCUT2D eigenvalue weighted by Crippen LogP contribution is -2.39. The SMILES string of the molecule is CSCCCN(C)CC1(O)CCCC1. The van der Waals surface area contributed by atoms with Crippen LogP contribution in [0.25, 0.3) is 0 Å². The molecule has 14 heavy (non-hydrogen) atoms. The molecule has 0 unspecified atom stereocenters. The van der Waals surface area contributed by atoms with Gasteiger partial charge in [-0.05, 0) is 44.9 Å². The summed E-state index contributed by atoms with van der Waals surface area (Å²) in [7, 11) is 2.12. The van der Waals surface area contributed by atoms with Crippen LogP contribution >= 0.6 is 11.8 Å². The molecule has 0 aliphatic heterocycles. The fourth-order valence-corrected chi connectivity index (χ4v) is 2.67. The Morgan fingerprint density at radius 2 is 2.00 bits per heavy atom. The summed E-state index contributed by atoms with van der Waals surface area (Å²) < 4.78 is 0. The van der Waals surface area contributed by atoms with E-state index in [1.54, 1.807) is 0 Å². The second-order valence-electron chi connectivity index (χ2n) is 4.52. The van der Waals surface area contributed by atoms with Crippen LogP contribution in [0, 0.1) is 0 Å². The van der Waals surface area contributed by atoms with Crippen LogP contribution in [-0.4, -0.2) is 47.8 Å². The lowest BCUT2D eigenvalue weighted by atomic mass is 10.0. The summed E-state index contributed by atoms with van der Waals surface area (Å²) >= 11 is 1.90. The molecule has 0 aromatic heterocycles. The highest BCUT2D eigenvalue weighted by Gasteiger charge is 2.31. The first-order valence-corrected chi connectivity index (χ1v) is 6.95. The molecule has 0 saturated heterocycles. The zero-order chi connectivity index (χ0) is 10.4. The van der Waals surface area contributed by atoms with E-state index in [1.165, 1.54) is 25.0 Å². The van der Waals surface area contributed by atoms with E-state index in [0.717, 1.165) is 25.9 Å². The molecular weight excluding hydrogens is 194 g/mol. The summed E-state index contributed by atoms with van der Waals surface area (Å²) in [5, 5.41) is 10.2. The van der Waals surface area contributed by atoms with Gasteiger partial charge in [-0.3, -0.25) is 0 Å². The zero-order valence-electron chi connectivity index (χ0n) is 9.46. The number of rotatable bonds is 6. The van der Waals surface area contributed by atoms with Gasteiger partial charge in [0.15, 0.2) is 0 Å². The maximum atomic E-state index is 10.2. The van der Waals surface area contributed by atoms with Crippen molar-refractivity contribution in [2.45, 2.75) is 37.7 Å². The van der Waals surface area contributed by atoms with Crippen molar-refractivity contribution in [3.05, 3.63) is 0 Å². The van der Waals surface area contributed by atoms with Gasteiger partial charge in [0.2, 0.25) is 0 Å². The molecule has 84 valence electrons. The highest BCUT2D eigenvalue weighted by Crippen LogP contribution is 2.29. The summed E-state index contributed by atoms with van der Waals surface area (Å²) in [6, 6.07) is 0. The molecule has 0 aromatic carbocycles. The van der Waals surface area contributed by atoms with Crippen LogP contribution in [0.15, 0.2) is 0 Å². The van der Waals surface area contributed by atoms with Crippen LogP contribution in [0.4, 0.5) is 0 Å². The van der Waals surface area contributed by atoms with E-state index < -0.39 is 0 Å². The summed E-state index contributed by atoms with van der Waals surface area (Å²) in [5.74, 6) is 1.22. The first kappa shape index (κ1) is 12.3. The van der Waals surface area contributed by atoms with E-state index in [2.05, 4.69) is 18.2 Å². The third-order valence-electron chi connectivity index (χ3n) is 2.99. The van der Waals surface area contributed by atoms with Gasteiger partial charge in [-0.1, -0.05) is 12.8 Å². The summed E-state index contributed by atoms with van der Waals surface area (Å²) in [6.07, 6.45) is 7.78. The Morgan fingerprint density at radius 1 is 1.36 bits per heavy atom. The highest BCUT2D eigenvalue weighted by molar-refractivity contribution is 7.98. The van der Waals surface area contributed by atoms with Crippen LogP contribution in [0.5, 0.6) is 0 Å². The van der Waals surface area contributed by atoms with E-state index in [4.69, 9.17) is 0 Å². The monoisotopic (exact) mass is 217 g/mol. The van der Waals surface area contributed by atoms with Gasteiger partial charge in [-0.15, -0.1) is 0 Å². The number of thioether (sulfide) groups is 1. The van der Waals surface area contributed by atoms with E-state index >= 15 is 0 Å². The van der Waals surface area contributed by atoms with Crippen molar-refractivity contribution in [1.82, 2.24) is 4.90 Å². The first-order chi connectivity index (χ1) is 6.66. The standard InChI is InChI=1S/C11H23NOS/c1-12(8-5-9-14-2)10-11(13)6-3-4-7-11/h13H,3-10H2,1-2H3. The number of hydrogen-bond donors (Lipinski definition) is 1. The highest BCUT2D eigenvalue weighted by atomic mass is 32.2. The molecule has 0 heterocycles. The molecule has 3 heteroatoms. The zero-order valence-corrected chi connectivity index (χ0v) is 10.3. The van der Waals surface area contributed by atoms with Gasteiger partial charge >= 0.3 is 0 Å². The number of nitrogens with zero attached hydrogens (tertiary/aromatic N) is 1. The summed E-state index contributed by atoms with van der Waals surface area (Å²) in [4.78, 5) is 2.28. The minimum Gasteiger partial charge on any atom is -0.389 e. The van der Waals surface area contributed by atoms with Gasteiger partial charge in [-0.2, -0.15) is 11.8 Å². The van der Waals surface area contributed by atoms with Gasteiger partial charge in [0, 0.05) is 6.54 Å². The first-order valence-electron chi connectivity index (χ1n) is 5.56. The van der Waals surface area contributed by atoms with Crippen molar-refractivity contribution >= 4 is 11.8 Å². The van der Waals surface area contributed by atoms with Gasteiger partial charge in [0.25, 0.3) is 0 Å². The molecule has 1 rings (SSSR count). The maximum Gasteiger partial charge on any atom is 0.0774 e. The van der Waals surface area contributed by atoms with Crippen LogP contribution in [0.1, 0.15) is 32.1 Å². The van der Waals surface area contributed by atoms with E-state index in [9.17, 15) is 5.11 Å². The predicted molar refractivity (Wildman–Crippen MR) is 63.9 cm³/mol. The lowest BCUT2D eigenvalue weighted by molar-refractivity contribution is 0.0166. The Hall–Kier alpha value is 0.270. The molecular formula is C11H23NOS. The van der Waals surface area contributed by atoms with Crippen molar-refractivity contribution in [1.29, 1.82) is 0 Å². The lowest BCUT2D eigenvalue weighted by Gasteiger charge is -2.28. The molecule has 1 saturated carbocycles. The minimum absolute atomic E-state index is 0.367. The Bertz CT molecular complexity index is 157. The molecule has 0 atom stereocenters. The van der Waals surface area contributed by atoms with E-state index in [-0.39, 0.29) is 5.60 Å². The largest absolute Gasteiger partial charge is 0.389 e. The average molecular weight is 217 g/mol. The average Bonchev–Trinajstić information content (AvgIpc) is 2.52.